The fourth-order valence-electron chi connectivity index (χ4n) is 3.77. The highest BCUT2D eigenvalue weighted by Gasteiger charge is 2.38. The van der Waals surface area contributed by atoms with Gasteiger partial charge < -0.3 is 5.32 Å². The van der Waals surface area contributed by atoms with Crippen LogP contribution < -0.4 is 5.32 Å². The molecule has 2 aromatic rings. The van der Waals surface area contributed by atoms with Gasteiger partial charge in [-0.1, -0.05) is 35.9 Å². The molecule has 1 amide bonds. The second kappa shape index (κ2) is 6.02. The third-order valence-corrected chi connectivity index (χ3v) is 5.96. The summed E-state index contributed by atoms with van der Waals surface area (Å²) < 4.78 is 0. The lowest BCUT2D eigenvalue weighted by Gasteiger charge is -2.34. The first-order valence-corrected chi connectivity index (χ1v) is 9.16. The second-order valence-corrected chi connectivity index (χ2v) is 7.63. The number of benzene rings is 1. The van der Waals surface area contributed by atoms with Crippen LogP contribution in [0.1, 0.15) is 47.1 Å². The van der Waals surface area contributed by atoms with Crippen LogP contribution in [0.3, 0.4) is 0 Å². The topological polar surface area (TPSA) is 46.2 Å². The monoisotopic (exact) mass is 337 g/mol. The number of rotatable bonds is 2. The van der Waals surface area contributed by atoms with Gasteiger partial charge in [0.1, 0.15) is 0 Å². The van der Waals surface area contributed by atoms with Gasteiger partial charge in [-0.25, -0.2) is 0 Å². The maximum atomic E-state index is 12.9. The molecule has 4 heteroatoms. The van der Waals surface area contributed by atoms with Crippen molar-refractivity contribution in [3.63, 3.8) is 0 Å². The van der Waals surface area contributed by atoms with Gasteiger partial charge in [0, 0.05) is 34.9 Å². The summed E-state index contributed by atoms with van der Waals surface area (Å²) in [4.78, 5) is 26.2. The molecule has 2 atom stereocenters. The summed E-state index contributed by atoms with van der Waals surface area (Å²) in [7, 11) is 0. The predicted octanol–water partition coefficient (Wildman–Crippen LogP) is 4.06. The first-order chi connectivity index (χ1) is 11.6. The lowest BCUT2D eigenvalue weighted by Crippen LogP contribution is -2.37. The van der Waals surface area contributed by atoms with E-state index in [-0.39, 0.29) is 23.5 Å². The van der Waals surface area contributed by atoms with Crippen LogP contribution in [-0.2, 0) is 9.59 Å². The normalized spacial score (nSPS) is 23.9. The molecule has 1 aromatic carbocycles. The fraction of sp³-hybridized carbons (Fsp3) is 0.300. The number of hydrogen-bond donors (Lipinski definition) is 1. The van der Waals surface area contributed by atoms with E-state index in [9.17, 15) is 9.59 Å². The number of carbonyl (C=O) groups excluding carboxylic acids is 2. The highest BCUT2D eigenvalue weighted by Crippen LogP contribution is 2.43. The van der Waals surface area contributed by atoms with Gasteiger partial charge in [-0.2, -0.15) is 0 Å². The largest absolute Gasteiger partial charge is 0.329 e. The Hall–Kier alpha value is -2.20. The molecule has 24 heavy (non-hydrogen) atoms. The van der Waals surface area contributed by atoms with E-state index in [4.69, 9.17) is 0 Å². The summed E-state index contributed by atoms with van der Waals surface area (Å²) in [6, 6.07) is 12.4. The molecule has 0 saturated carbocycles. The molecule has 1 aliphatic heterocycles. The van der Waals surface area contributed by atoms with Crippen LogP contribution in [0.4, 0.5) is 0 Å². The summed E-state index contributed by atoms with van der Waals surface area (Å²) >= 11 is 1.62. The van der Waals surface area contributed by atoms with Gasteiger partial charge in [0.15, 0.2) is 5.78 Å². The van der Waals surface area contributed by atoms with E-state index in [0.29, 0.717) is 12.8 Å². The Morgan fingerprint density at radius 2 is 1.83 bits per heavy atom. The van der Waals surface area contributed by atoms with E-state index in [0.717, 1.165) is 22.6 Å². The zero-order chi connectivity index (χ0) is 16.7. The fourth-order valence-corrected chi connectivity index (χ4v) is 4.60. The highest BCUT2D eigenvalue weighted by molar-refractivity contribution is 7.10. The number of nitrogens with one attached hydrogen (secondary N) is 1. The Labute approximate surface area is 145 Å². The zero-order valence-electron chi connectivity index (χ0n) is 13.5. The molecule has 122 valence electrons. The molecule has 2 unspecified atom stereocenters. The quantitative estimate of drug-likeness (QED) is 0.898. The minimum atomic E-state index is -0.0692. The third kappa shape index (κ3) is 2.71. The number of amides is 1. The summed E-state index contributed by atoms with van der Waals surface area (Å²) in [5.41, 5.74) is 4.06. The van der Waals surface area contributed by atoms with Gasteiger partial charge in [0.05, 0.1) is 0 Å². The van der Waals surface area contributed by atoms with Gasteiger partial charge in [-0.15, -0.1) is 11.3 Å². The Bertz CT molecular complexity index is 818. The number of Topliss-reactive ketones (excluding diaryl/α,β-unsaturated/α-hetero) is 1. The van der Waals surface area contributed by atoms with Crippen LogP contribution in [0.5, 0.6) is 0 Å². The zero-order valence-corrected chi connectivity index (χ0v) is 14.4. The molecule has 3 nitrogen and oxygen atoms in total. The molecular weight excluding hydrogens is 318 g/mol. The number of aryl methyl sites for hydroxylation is 1. The number of allylic oxidation sites excluding steroid dienone is 2. The number of hydrogen-bond acceptors (Lipinski definition) is 3. The first kappa shape index (κ1) is 15.3. The van der Waals surface area contributed by atoms with Gasteiger partial charge in [0.2, 0.25) is 5.91 Å². The summed E-state index contributed by atoms with van der Waals surface area (Å²) in [6.07, 6.45) is 1.64. The summed E-state index contributed by atoms with van der Waals surface area (Å²) in [5, 5.41) is 4.98. The van der Waals surface area contributed by atoms with Crippen molar-refractivity contribution >= 4 is 23.0 Å². The van der Waals surface area contributed by atoms with Crippen molar-refractivity contribution < 1.29 is 9.59 Å². The standard InChI is InChI=1S/C20H19NO2S/c1-12-4-6-13(7-5-12)14-9-16-20(17(22)10-14)15(11-19(23)21-16)18-3-2-8-24-18/h2-8,14-15H,9-11H2,1H3,(H,21,23). The maximum Gasteiger partial charge on any atom is 0.225 e. The van der Waals surface area contributed by atoms with E-state index in [2.05, 4.69) is 36.5 Å². The molecule has 0 bridgehead atoms. The lowest BCUT2D eigenvalue weighted by atomic mass is 9.75. The Morgan fingerprint density at radius 1 is 1.04 bits per heavy atom. The molecule has 0 saturated heterocycles. The van der Waals surface area contributed by atoms with Crippen molar-refractivity contribution in [1.82, 2.24) is 5.32 Å². The maximum absolute atomic E-state index is 12.9. The van der Waals surface area contributed by atoms with Gasteiger partial charge in [-0.3, -0.25) is 9.59 Å². The smallest absolute Gasteiger partial charge is 0.225 e. The SMILES string of the molecule is Cc1ccc(C2CC(=O)C3=C(C2)NC(=O)CC3c2cccs2)cc1. The number of ketones is 1. The molecule has 4 rings (SSSR count). The molecule has 2 aliphatic rings. The average Bonchev–Trinajstić information content (AvgIpc) is 3.08. The van der Waals surface area contributed by atoms with E-state index in [1.165, 1.54) is 11.1 Å². The molecular formula is C20H19NO2S. The van der Waals surface area contributed by atoms with E-state index in [1.807, 2.05) is 17.5 Å². The highest BCUT2D eigenvalue weighted by atomic mass is 32.1. The summed E-state index contributed by atoms with van der Waals surface area (Å²) in [6.45, 7) is 2.06. The van der Waals surface area contributed by atoms with E-state index in [1.54, 1.807) is 11.3 Å². The molecule has 0 fully saturated rings. The van der Waals surface area contributed by atoms with Gasteiger partial charge in [-0.05, 0) is 36.3 Å². The van der Waals surface area contributed by atoms with E-state index < -0.39 is 0 Å². The van der Waals surface area contributed by atoms with Gasteiger partial charge in [0.25, 0.3) is 0 Å². The first-order valence-electron chi connectivity index (χ1n) is 8.28. The second-order valence-electron chi connectivity index (χ2n) is 6.65. The van der Waals surface area contributed by atoms with Crippen LogP contribution >= 0.6 is 11.3 Å². The van der Waals surface area contributed by atoms with Crippen molar-refractivity contribution in [2.24, 2.45) is 0 Å². The third-order valence-electron chi connectivity index (χ3n) is 4.97. The van der Waals surface area contributed by atoms with Crippen LogP contribution in [0, 0.1) is 6.92 Å². The van der Waals surface area contributed by atoms with Crippen LogP contribution in [0.15, 0.2) is 53.0 Å². The molecule has 1 aliphatic carbocycles. The molecule has 1 aromatic heterocycles. The number of thiophene rings is 1. The molecule has 2 heterocycles. The van der Waals surface area contributed by atoms with Crippen LogP contribution in [-0.4, -0.2) is 11.7 Å². The van der Waals surface area contributed by atoms with Crippen LogP contribution in [0.2, 0.25) is 0 Å². The Balaban J connectivity index is 1.70. The van der Waals surface area contributed by atoms with Crippen LogP contribution in [0.25, 0.3) is 0 Å². The average molecular weight is 337 g/mol. The minimum absolute atomic E-state index is 0.0181. The Morgan fingerprint density at radius 3 is 2.54 bits per heavy atom. The van der Waals surface area contributed by atoms with Gasteiger partial charge >= 0.3 is 0 Å². The molecule has 0 spiro atoms. The van der Waals surface area contributed by atoms with E-state index >= 15 is 0 Å². The number of carbonyl (C=O) groups is 2. The van der Waals surface area contributed by atoms with Crippen molar-refractivity contribution in [2.75, 3.05) is 0 Å². The predicted molar refractivity (Wildman–Crippen MR) is 95.0 cm³/mol. The van der Waals surface area contributed by atoms with Crippen molar-refractivity contribution in [3.05, 3.63) is 69.1 Å². The van der Waals surface area contributed by atoms with Crippen molar-refractivity contribution in [1.29, 1.82) is 0 Å². The van der Waals surface area contributed by atoms with Crippen molar-refractivity contribution in [2.45, 2.75) is 38.0 Å². The summed E-state index contributed by atoms with van der Waals surface area (Å²) in [5.74, 6) is 0.282. The Kier molecular flexibility index (Phi) is 3.85. The lowest BCUT2D eigenvalue weighted by molar-refractivity contribution is -0.122. The van der Waals surface area contributed by atoms with Crippen molar-refractivity contribution in [3.8, 4) is 0 Å². The molecule has 1 N–H and O–H groups in total. The minimum Gasteiger partial charge on any atom is -0.329 e. The molecule has 0 radical (unpaired) electrons.